The molecule has 1 amide bonds. The molecular weight excluding hydrogens is 300 g/mol. The highest BCUT2D eigenvalue weighted by molar-refractivity contribution is 6.01. The number of amides is 1. The molecule has 0 saturated heterocycles. The first-order valence-corrected chi connectivity index (χ1v) is 7.26. The summed E-state index contributed by atoms with van der Waals surface area (Å²) in [6, 6.07) is 6.98. The van der Waals surface area contributed by atoms with Crippen LogP contribution in [0.3, 0.4) is 0 Å². The van der Waals surface area contributed by atoms with Gasteiger partial charge in [-0.3, -0.25) is 5.32 Å². The van der Waals surface area contributed by atoms with E-state index in [0.29, 0.717) is 17.8 Å². The van der Waals surface area contributed by atoms with Crippen LogP contribution in [-0.2, 0) is 14.4 Å². The summed E-state index contributed by atoms with van der Waals surface area (Å²) in [7, 11) is 0. The van der Waals surface area contributed by atoms with Gasteiger partial charge in [-0.25, -0.2) is 4.79 Å². The first kappa shape index (κ1) is 16.8. The maximum atomic E-state index is 11.7. The minimum Gasteiger partial charge on any atom is -0.550 e. The predicted octanol–water partition coefficient (Wildman–Crippen LogP) is 1.67. The number of aliphatic carboxylic acids is 1. The van der Waals surface area contributed by atoms with Crippen molar-refractivity contribution in [3.8, 4) is 0 Å². The normalized spacial score (nSPS) is 17.2. The van der Waals surface area contributed by atoms with E-state index < -0.39 is 23.8 Å². The lowest BCUT2D eigenvalue weighted by molar-refractivity contribution is -0.307. The highest BCUT2D eigenvalue weighted by atomic mass is 16.6. The Balaban J connectivity index is 1.93. The number of carbonyl (C=O) groups excluding carboxylic acids is 2. The second-order valence-electron chi connectivity index (χ2n) is 6.25. The van der Waals surface area contributed by atoms with Gasteiger partial charge in [0.05, 0.1) is 5.71 Å². The number of nitrogens with one attached hydrogen (secondary N) is 1. The molecule has 23 heavy (non-hydrogen) atoms. The van der Waals surface area contributed by atoms with Gasteiger partial charge < -0.3 is 19.5 Å². The van der Waals surface area contributed by atoms with Gasteiger partial charge >= 0.3 is 6.09 Å². The molecule has 1 unspecified atom stereocenters. The monoisotopic (exact) mass is 319 g/mol. The van der Waals surface area contributed by atoms with E-state index in [-0.39, 0.29) is 6.42 Å². The number of hydrogen-bond acceptors (Lipinski definition) is 6. The molecule has 1 aliphatic rings. The van der Waals surface area contributed by atoms with E-state index in [2.05, 4.69) is 10.5 Å². The average molecular weight is 319 g/mol. The van der Waals surface area contributed by atoms with E-state index in [1.54, 1.807) is 45.0 Å². The molecule has 0 saturated carbocycles. The van der Waals surface area contributed by atoms with E-state index in [1.807, 2.05) is 0 Å². The fourth-order valence-corrected chi connectivity index (χ4v) is 2.06. The second kappa shape index (κ2) is 6.68. The van der Waals surface area contributed by atoms with Crippen LogP contribution in [0.4, 0.5) is 10.5 Å². The molecule has 0 fully saturated rings. The molecule has 0 radical (unpaired) electrons. The maximum Gasteiger partial charge on any atom is 0.412 e. The Labute approximate surface area is 134 Å². The molecule has 1 atom stereocenters. The molecule has 0 aromatic heterocycles. The number of benzene rings is 1. The molecular formula is C16H19N2O5-. The first-order valence-electron chi connectivity index (χ1n) is 7.26. The van der Waals surface area contributed by atoms with Crippen LogP contribution in [0.1, 0.15) is 39.2 Å². The Morgan fingerprint density at radius 2 is 2.00 bits per heavy atom. The Bertz CT molecular complexity index is 616. The summed E-state index contributed by atoms with van der Waals surface area (Å²) in [4.78, 5) is 27.3. The lowest BCUT2D eigenvalue weighted by Crippen LogP contribution is -2.27. The number of ether oxygens (including phenoxy) is 1. The summed E-state index contributed by atoms with van der Waals surface area (Å²) in [5.74, 6) is -1.16. The number of carboxylic acids is 1. The van der Waals surface area contributed by atoms with Crippen molar-refractivity contribution in [2.75, 3.05) is 5.32 Å². The Kier molecular flexibility index (Phi) is 4.88. The van der Waals surface area contributed by atoms with Gasteiger partial charge in [0.2, 0.25) is 0 Å². The third-order valence-electron chi connectivity index (χ3n) is 2.99. The number of carbonyl (C=O) groups is 2. The smallest absolute Gasteiger partial charge is 0.412 e. The highest BCUT2D eigenvalue weighted by Gasteiger charge is 2.22. The molecule has 2 rings (SSSR count). The molecule has 0 aliphatic carbocycles. The number of hydrogen-bond donors (Lipinski definition) is 1. The van der Waals surface area contributed by atoms with E-state index in [4.69, 9.17) is 9.57 Å². The van der Waals surface area contributed by atoms with E-state index in [0.717, 1.165) is 5.56 Å². The molecule has 7 nitrogen and oxygen atoms in total. The molecule has 124 valence electrons. The van der Waals surface area contributed by atoms with Crippen molar-refractivity contribution in [3.05, 3.63) is 29.8 Å². The largest absolute Gasteiger partial charge is 0.550 e. The Morgan fingerprint density at radius 3 is 2.57 bits per heavy atom. The predicted molar refractivity (Wildman–Crippen MR) is 81.9 cm³/mol. The van der Waals surface area contributed by atoms with Crippen LogP contribution in [-0.4, -0.2) is 29.5 Å². The quantitative estimate of drug-likeness (QED) is 0.910. The van der Waals surface area contributed by atoms with Gasteiger partial charge in [-0.15, -0.1) is 0 Å². The summed E-state index contributed by atoms with van der Waals surface area (Å²) in [6.45, 7) is 5.37. The number of nitrogens with zero attached hydrogens (tertiary/aromatic N) is 1. The molecule has 0 bridgehead atoms. The fraction of sp³-hybridized carbons (Fsp3) is 0.438. The van der Waals surface area contributed by atoms with Crippen molar-refractivity contribution in [2.24, 2.45) is 5.16 Å². The van der Waals surface area contributed by atoms with E-state index >= 15 is 0 Å². The third kappa shape index (κ3) is 5.28. The van der Waals surface area contributed by atoms with Crippen LogP contribution >= 0.6 is 0 Å². The highest BCUT2D eigenvalue weighted by Crippen LogP contribution is 2.20. The van der Waals surface area contributed by atoms with Crippen LogP contribution in [0.25, 0.3) is 0 Å². The minimum atomic E-state index is -1.16. The van der Waals surface area contributed by atoms with Gasteiger partial charge in [0, 0.05) is 24.5 Å². The van der Waals surface area contributed by atoms with Crippen LogP contribution in [0.5, 0.6) is 0 Å². The second-order valence-corrected chi connectivity index (χ2v) is 6.25. The molecule has 1 aromatic carbocycles. The molecule has 1 aromatic rings. The summed E-state index contributed by atoms with van der Waals surface area (Å²) >= 11 is 0. The molecule has 1 N–H and O–H groups in total. The van der Waals surface area contributed by atoms with Crippen LogP contribution in [0, 0.1) is 0 Å². The van der Waals surface area contributed by atoms with Crippen LogP contribution in [0.2, 0.25) is 0 Å². The summed E-state index contributed by atoms with van der Waals surface area (Å²) < 4.78 is 5.17. The number of rotatable bonds is 4. The summed E-state index contributed by atoms with van der Waals surface area (Å²) in [5, 5.41) is 17.1. The van der Waals surface area contributed by atoms with Gasteiger partial charge in [-0.2, -0.15) is 0 Å². The van der Waals surface area contributed by atoms with Crippen molar-refractivity contribution in [2.45, 2.75) is 45.3 Å². The average Bonchev–Trinajstić information content (AvgIpc) is 2.85. The molecule has 1 aliphatic heterocycles. The standard InChI is InChI=1S/C16H20N2O5/c1-16(2,3)22-15(21)17-11-6-4-10(5-7-11)13-8-12(23-18-13)9-14(19)20/h4-7,12H,8-9H2,1-3H3,(H,17,21)(H,19,20)/p-1. The first-order chi connectivity index (χ1) is 10.7. The lowest BCUT2D eigenvalue weighted by Gasteiger charge is -2.19. The van der Waals surface area contributed by atoms with Crippen molar-refractivity contribution < 1.29 is 24.3 Å². The Morgan fingerprint density at radius 1 is 1.35 bits per heavy atom. The van der Waals surface area contributed by atoms with Crippen molar-refractivity contribution in [3.63, 3.8) is 0 Å². The number of carboxylic acid groups (broad SMARTS) is 1. The number of anilines is 1. The molecule has 0 spiro atoms. The molecule has 7 heteroatoms. The van der Waals surface area contributed by atoms with Gasteiger partial charge in [0.15, 0.2) is 0 Å². The fourth-order valence-electron chi connectivity index (χ4n) is 2.06. The zero-order valence-electron chi connectivity index (χ0n) is 13.3. The zero-order chi connectivity index (χ0) is 17.0. The van der Waals surface area contributed by atoms with Crippen molar-refractivity contribution >= 4 is 23.5 Å². The van der Waals surface area contributed by atoms with Gasteiger partial charge in [0.25, 0.3) is 0 Å². The van der Waals surface area contributed by atoms with Gasteiger partial charge in [-0.1, -0.05) is 17.3 Å². The topological polar surface area (TPSA) is 100 Å². The molecule has 1 heterocycles. The third-order valence-corrected chi connectivity index (χ3v) is 2.99. The maximum absolute atomic E-state index is 11.7. The number of oxime groups is 1. The van der Waals surface area contributed by atoms with Crippen molar-refractivity contribution in [1.82, 2.24) is 0 Å². The lowest BCUT2D eigenvalue weighted by atomic mass is 10.0. The van der Waals surface area contributed by atoms with Gasteiger partial charge in [-0.05, 0) is 38.5 Å². The van der Waals surface area contributed by atoms with Gasteiger partial charge in [0.1, 0.15) is 11.7 Å². The zero-order valence-corrected chi connectivity index (χ0v) is 13.3. The van der Waals surface area contributed by atoms with E-state index in [9.17, 15) is 14.7 Å². The summed E-state index contributed by atoms with van der Waals surface area (Å²) in [5.41, 5.74) is 1.50. The van der Waals surface area contributed by atoms with E-state index in [1.165, 1.54) is 0 Å². The minimum absolute atomic E-state index is 0.189. The van der Waals surface area contributed by atoms with Crippen LogP contribution in [0.15, 0.2) is 29.4 Å². The summed E-state index contributed by atoms with van der Waals surface area (Å²) in [6.07, 6.45) is -0.798. The van der Waals surface area contributed by atoms with Crippen LogP contribution < -0.4 is 10.4 Å². The Hall–Kier alpha value is -2.57. The SMILES string of the molecule is CC(C)(C)OC(=O)Nc1ccc(C2=NOC(CC(=O)[O-])C2)cc1. The van der Waals surface area contributed by atoms with Crippen molar-refractivity contribution in [1.29, 1.82) is 0 Å².